The first-order chi connectivity index (χ1) is 9.51. The van der Waals surface area contributed by atoms with Crippen molar-refractivity contribution in [3.8, 4) is 0 Å². The van der Waals surface area contributed by atoms with Crippen LogP contribution in [0.15, 0.2) is 6.07 Å². The number of unbranched alkanes of at least 4 members (excludes halogenated alkanes) is 1. The van der Waals surface area contributed by atoms with Crippen molar-refractivity contribution in [2.75, 3.05) is 23.7 Å². The molecule has 0 aliphatic rings. The van der Waals surface area contributed by atoms with E-state index < -0.39 is 0 Å². The molecular formula is C13H19N5OS. The summed E-state index contributed by atoms with van der Waals surface area (Å²) in [5, 5.41) is 0.930. The van der Waals surface area contributed by atoms with Crippen molar-refractivity contribution in [3.05, 3.63) is 10.9 Å². The van der Waals surface area contributed by atoms with Crippen molar-refractivity contribution in [2.45, 2.75) is 26.7 Å². The number of aryl methyl sites for hydroxylation is 1. The molecule has 2 heterocycles. The van der Waals surface area contributed by atoms with E-state index in [4.69, 9.17) is 11.5 Å². The number of nitrogens with two attached hydrogens (primary N) is 2. The van der Waals surface area contributed by atoms with Gasteiger partial charge in [-0.3, -0.25) is 4.79 Å². The first kappa shape index (κ1) is 14.5. The molecule has 0 saturated carbocycles. The zero-order chi connectivity index (χ0) is 14.7. The molecule has 0 aromatic carbocycles. The van der Waals surface area contributed by atoms with E-state index in [2.05, 4.69) is 16.9 Å². The number of carbonyl (C=O) groups excluding carboxylic acids is 1. The Morgan fingerprint density at radius 2 is 2.20 bits per heavy atom. The van der Waals surface area contributed by atoms with Crippen LogP contribution in [0, 0.1) is 6.92 Å². The zero-order valence-electron chi connectivity index (χ0n) is 11.7. The topological polar surface area (TPSA) is 98.1 Å². The Balaban J connectivity index is 2.47. The van der Waals surface area contributed by atoms with Crippen LogP contribution in [-0.2, 0) is 4.79 Å². The van der Waals surface area contributed by atoms with Crippen LogP contribution in [0.3, 0.4) is 0 Å². The van der Waals surface area contributed by atoms with Crippen molar-refractivity contribution >= 4 is 39.2 Å². The second kappa shape index (κ2) is 6.04. The Morgan fingerprint density at radius 1 is 1.45 bits per heavy atom. The second-order valence-corrected chi connectivity index (χ2v) is 5.96. The van der Waals surface area contributed by atoms with Crippen molar-refractivity contribution in [1.29, 1.82) is 0 Å². The summed E-state index contributed by atoms with van der Waals surface area (Å²) in [6.45, 7) is 4.97. The van der Waals surface area contributed by atoms with E-state index >= 15 is 0 Å². The third kappa shape index (κ3) is 3.16. The number of amides is 1. The van der Waals surface area contributed by atoms with Gasteiger partial charge in [0.25, 0.3) is 0 Å². The van der Waals surface area contributed by atoms with Crippen molar-refractivity contribution in [1.82, 2.24) is 9.97 Å². The number of anilines is 2. The van der Waals surface area contributed by atoms with Crippen LogP contribution in [0.4, 0.5) is 11.8 Å². The van der Waals surface area contributed by atoms with Crippen LogP contribution in [-0.4, -0.2) is 29.0 Å². The highest BCUT2D eigenvalue weighted by molar-refractivity contribution is 7.18. The van der Waals surface area contributed by atoms with E-state index in [1.165, 1.54) is 0 Å². The molecular weight excluding hydrogens is 274 g/mol. The highest BCUT2D eigenvalue weighted by atomic mass is 32.1. The van der Waals surface area contributed by atoms with Gasteiger partial charge in [-0.1, -0.05) is 13.3 Å². The van der Waals surface area contributed by atoms with Crippen molar-refractivity contribution in [2.24, 2.45) is 5.73 Å². The molecule has 4 N–H and O–H groups in total. The maximum atomic E-state index is 11.3. The molecule has 7 heteroatoms. The minimum Gasteiger partial charge on any atom is -0.368 e. The summed E-state index contributed by atoms with van der Waals surface area (Å²) in [4.78, 5) is 23.7. The Kier molecular flexibility index (Phi) is 4.39. The lowest BCUT2D eigenvalue weighted by atomic mass is 10.2. The van der Waals surface area contributed by atoms with E-state index in [1.807, 2.05) is 17.9 Å². The van der Waals surface area contributed by atoms with Gasteiger partial charge in [-0.05, 0) is 19.4 Å². The molecule has 0 radical (unpaired) electrons. The Labute approximate surface area is 121 Å². The van der Waals surface area contributed by atoms with Crippen molar-refractivity contribution < 1.29 is 4.79 Å². The molecule has 0 aliphatic heterocycles. The number of hydrogen-bond acceptors (Lipinski definition) is 6. The maximum Gasteiger partial charge on any atom is 0.236 e. The molecule has 0 aliphatic carbocycles. The van der Waals surface area contributed by atoms with Crippen molar-refractivity contribution in [3.63, 3.8) is 0 Å². The molecule has 0 bridgehead atoms. The van der Waals surface area contributed by atoms with E-state index in [9.17, 15) is 4.79 Å². The summed E-state index contributed by atoms with van der Waals surface area (Å²) in [5.74, 6) is 0.544. The normalized spacial score (nSPS) is 10.9. The molecule has 108 valence electrons. The third-order valence-corrected chi connectivity index (χ3v) is 3.89. The lowest BCUT2D eigenvalue weighted by molar-refractivity contribution is -0.116. The summed E-state index contributed by atoms with van der Waals surface area (Å²) in [6.07, 6.45) is 1.99. The molecule has 0 atom stereocenters. The molecule has 2 aromatic heterocycles. The average molecular weight is 293 g/mol. The molecule has 2 rings (SSSR count). The Morgan fingerprint density at radius 3 is 2.85 bits per heavy atom. The highest BCUT2D eigenvalue weighted by Gasteiger charge is 2.17. The van der Waals surface area contributed by atoms with Gasteiger partial charge in [-0.15, -0.1) is 11.3 Å². The number of nitrogen functional groups attached to an aromatic ring is 1. The van der Waals surface area contributed by atoms with Gasteiger partial charge in [0.15, 0.2) is 0 Å². The van der Waals surface area contributed by atoms with E-state index in [1.54, 1.807) is 11.3 Å². The predicted molar refractivity (Wildman–Crippen MR) is 82.9 cm³/mol. The monoisotopic (exact) mass is 293 g/mol. The van der Waals surface area contributed by atoms with Gasteiger partial charge in [0.05, 0.1) is 11.9 Å². The number of hydrogen-bond donors (Lipinski definition) is 2. The van der Waals surface area contributed by atoms with Crippen LogP contribution in [0.2, 0.25) is 0 Å². The average Bonchev–Trinajstić information content (AvgIpc) is 2.73. The molecule has 0 saturated heterocycles. The quantitative estimate of drug-likeness (QED) is 0.844. The number of aromatic nitrogens is 2. The first-order valence-corrected chi connectivity index (χ1v) is 7.39. The number of fused-ring (bicyclic) bond motifs is 1. The van der Waals surface area contributed by atoms with Gasteiger partial charge < -0.3 is 16.4 Å². The van der Waals surface area contributed by atoms with Gasteiger partial charge in [-0.25, -0.2) is 4.98 Å². The number of carbonyl (C=O) groups is 1. The third-order valence-electron chi connectivity index (χ3n) is 2.94. The lowest BCUT2D eigenvalue weighted by Crippen LogP contribution is -2.35. The van der Waals surface area contributed by atoms with E-state index in [0.717, 1.165) is 34.5 Å². The largest absolute Gasteiger partial charge is 0.368 e. The molecule has 2 aromatic rings. The molecule has 0 fully saturated rings. The van der Waals surface area contributed by atoms with Gasteiger partial charge in [0.1, 0.15) is 10.6 Å². The predicted octanol–water partition coefficient (Wildman–Crippen LogP) is 1.67. The smallest absolute Gasteiger partial charge is 0.236 e. The van der Waals surface area contributed by atoms with Gasteiger partial charge >= 0.3 is 0 Å². The fourth-order valence-corrected chi connectivity index (χ4v) is 2.96. The number of primary amides is 1. The number of nitrogens with zero attached hydrogens (tertiary/aromatic N) is 3. The second-order valence-electron chi connectivity index (χ2n) is 4.72. The summed E-state index contributed by atoms with van der Waals surface area (Å²) in [7, 11) is 0. The molecule has 20 heavy (non-hydrogen) atoms. The molecule has 6 nitrogen and oxygen atoms in total. The Bertz CT molecular complexity index is 624. The highest BCUT2D eigenvalue weighted by Crippen LogP contribution is 2.31. The summed E-state index contributed by atoms with van der Waals surface area (Å²) in [5.41, 5.74) is 11.1. The van der Waals surface area contributed by atoms with Crippen LogP contribution >= 0.6 is 11.3 Å². The summed E-state index contributed by atoms with van der Waals surface area (Å²) in [6, 6.07) is 2.02. The molecule has 0 unspecified atom stereocenters. The van der Waals surface area contributed by atoms with Gasteiger partial charge in [0.2, 0.25) is 11.9 Å². The minimum atomic E-state index is -0.376. The van der Waals surface area contributed by atoms with Crippen LogP contribution in [0.5, 0.6) is 0 Å². The number of rotatable bonds is 6. The summed E-state index contributed by atoms with van der Waals surface area (Å²) >= 11 is 1.57. The van der Waals surface area contributed by atoms with Crippen LogP contribution < -0.4 is 16.4 Å². The standard InChI is InChI=1S/C13H19N5OS/c1-3-4-5-18(7-10(14)19)11-9-6-8(2)20-12(9)17-13(15)16-11/h6H,3-5,7H2,1-2H3,(H2,14,19)(H2,15,16,17). The van der Waals surface area contributed by atoms with Crippen LogP contribution in [0.1, 0.15) is 24.6 Å². The maximum absolute atomic E-state index is 11.3. The Hall–Kier alpha value is -1.89. The molecule has 1 amide bonds. The molecule has 0 spiro atoms. The number of thiophene rings is 1. The van der Waals surface area contributed by atoms with Crippen LogP contribution in [0.25, 0.3) is 10.2 Å². The fraction of sp³-hybridized carbons (Fsp3) is 0.462. The van der Waals surface area contributed by atoms with E-state index in [0.29, 0.717) is 5.82 Å². The zero-order valence-corrected chi connectivity index (χ0v) is 12.5. The SMILES string of the molecule is CCCCN(CC(N)=O)c1nc(N)nc2sc(C)cc12. The lowest BCUT2D eigenvalue weighted by Gasteiger charge is -2.22. The van der Waals surface area contributed by atoms with E-state index in [-0.39, 0.29) is 18.4 Å². The first-order valence-electron chi connectivity index (χ1n) is 6.58. The van der Waals surface area contributed by atoms with Gasteiger partial charge in [0, 0.05) is 11.4 Å². The summed E-state index contributed by atoms with van der Waals surface area (Å²) < 4.78 is 0. The van der Waals surface area contributed by atoms with Gasteiger partial charge in [-0.2, -0.15) is 4.98 Å². The minimum absolute atomic E-state index is 0.139. The fourth-order valence-electron chi connectivity index (χ4n) is 2.08.